The number of anilines is 1. The maximum absolute atomic E-state index is 12.3. The summed E-state index contributed by atoms with van der Waals surface area (Å²) < 4.78 is 5.99. The zero-order chi connectivity index (χ0) is 22.5. The quantitative estimate of drug-likeness (QED) is 0.419. The van der Waals surface area contributed by atoms with Crippen LogP contribution in [0.2, 0.25) is 0 Å². The van der Waals surface area contributed by atoms with E-state index in [0.29, 0.717) is 18.8 Å². The van der Waals surface area contributed by atoms with Gasteiger partial charge in [0.15, 0.2) is 0 Å². The summed E-state index contributed by atoms with van der Waals surface area (Å²) in [6, 6.07) is 6.91. The zero-order valence-corrected chi connectivity index (χ0v) is 19.1. The van der Waals surface area contributed by atoms with Crippen LogP contribution in [0.15, 0.2) is 24.3 Å². The maximum atomic E-state index is 12.3. The van der Waals surface area contributed by atoms with E-state index in [9.17, 15) is 14.4 Å². The van der Waals surface area contributed by atoms with Crippen molar-refractivity contribution in [3.05, 3.63) is 29.8 Å². The molecule has 1 heterocycles. The molecule has 166 valence electrons. The first kappa shape index (κ1) is 24.0. The zero-order valence-electron chi connectivity index (χ0n) is 18.3. The smallest absolute Gasteiger partial charge is 0.408 e. The molecule has 0 radical (unpaired) electrons. The molecule has 1 unspecified atom stereocenters. The number of nitrogens with zero attached hydrogens (tertiary/aromatic N) is 2. The molecule has 8 nitrogen and oxygen atoms in total. The van der Waals surface area contributed by atoms with Gasteiger partial charge >= 0.3 is 11.5 Å². The van der Waals surface area contributed by atoms with E-state index in [0.717, 1.165) is 29.7 Å². The fraction of sp³-hybridized carbons (Fsp3) is 0.571. The van der Waals surface area contributed by atoms with E-state index in [1.807, 2.05) is 24.3 Å². The summed E-state index contributed by atoms with van der Waals surface area (Å²) >= 11 is 5.56. The lowest BCUT2D eigenvalue weighted by Gasteiger charge is -2.41. The molecule has 0 aliphatic carbocycles. The number of halogens is 1. The summed E-state index contributed by atoms with van der Waals surface area (Å²) in [4.78, 5) is 37.1. The Hall–Kier alpha value is -2.32. The van der Waals surface area contributed by atoms with Crippen molar-refractivity contribution in [3.8, 4) is 0 Å². The molecule has 0 bridgehead atoms. The largest absolute Gasteiger partial charge is 0.444 e. The first-order valence-corrected chi connectivity index (χ1v) is 10.4. The van der Waals surface area contributed by atoms with Crippen molar-refractivity contribution in [3.63, 3.8) is 0 Å². The number of rotatable bonds is 5. The molecule has 0 saturated carbocycles. The number of hydrogen-bond acceptors (Lipinski definition) is 4. The summed E-state index contributed by atoms with van der Waals surface area (Å²) in [7, 11) is 2.16. The first-order chi connectivity index (χ1) is 13.9. The molecule has 9 heteroatoms. The first-order valence-electron chi connectivity index (χ1n) is 10.0. The Bertz CT molecular complexity index is 768. The van der Waals surface area contributed by atoms with Gasteiger partial charge in [0.1, 0.15) is 18.2 Å². The van der Waals surface area contributed by atoms with Gasteiger partial charge in [-0.2, -0.15) is 0 Å². The average molecular weight is 440 g/mol. The van der Waals surface area contributed by atoms with Gasteiger partial charge in [-0.25, -0.2) is 4.79 Å². The molecule has 1 aliphatic rings. The second-order valence-electron chi connectivity index (χ2n) is 9.02. The Morgan fingerprint density at radius 2 is 1.73 bits per heavy atom. The van der Waals surface area contributed by atoms with Crippen molar-refractivity contribution >= 4 is 34.7 Å². The maximum Gasteiger partial charge on any atom is 0.408 e. The standard InChI is InChI=1S/C21H31ClN4O4/c1-15(23-20(29)30-21(2,3)4)18(27)24-17-8-6-16(7-9-17)14-26(5)12-10-25(11-13-26)19(22)28/h6-9,15H,10-14H2,1-5H3,(H-,23,24,27,29)/p+1. The number of alkyl carbamates (subject to hydrolysis) is 1. The van der Waals surface area contributed by atoms with Gasteiger partial charge in [0.2, 0.25) is 5.91 Å². The molecule has 1 aromatic rings. The predicted octanol–water partition coefficient (Wildman–Crippen LogP) is 3.16. The third-order valence-corrected chi connectivity index (χ3v) is 5.22. The van der Waals surface area contributed by atoms with Crippen LogP contribution in [0.5, 0.6) is 0 Å². The number of hydrogen-bond donors (Lipinski definition) is 2. The Labute approximate surface area is 183 Å². The van der Waals surface area contributed by atoms with E-state index in [-0.39, 0.29) is 5.91 Å². The summed E-state index contributed by atoms with van der Waals surface area (Å²) in [6.07, 6.45) is -0.631. The summed E-state index contributed by atoms with van der Waals surface area (Å²) in [6.45, 7) is 10.7. The summed E-state index contributed by atoms with van der Waals surface area (Å²) in [5, 5.41) is 4.93. The molecular formula is C21H32ClN4O4+. The number of nitrogens with one attached hydrogen (secondary N) is 2. The van der Waals surface area contributed by atoms with Crippen LogP contribution in [-0.4, -0.2) is 71.6 Å². The lowest BCUT2D eigenvalue weighted by Crippen LogP contribution is -2.57. The number of likely N-dealkylation sites (N-methyl/N-ethyl adjacent to an activating group) is 1. The fourth-order valence-corrected chi connectivity index (χ4v) is 3.39. The van der Waals surface area contributed by atoms with E-state index < -0.39 is 23.1 Å². The molecule has 1 aliphatic heterocycles. The molecule has 1 fully saturated rings. The SMILES string of the molecule is CC(NC(=O)OC(C)(C)C)C(=O)Nc1ccc(C[N+]2(C)CCN(C(=O)Cl)CC2)cc1. The molecular weight excluding hydrogens is 408 g/mol. The highest BCUT2D eigenvalue weighted by molar-refractivity contribution is 6.62. The van der Waals surface area contributed by atoms with Crippen molar-refractivity contribution in [2.24, 2.45) is 0 Å². The van der Waals surface area contributed by atoms with E-state index in [4.69, 9.17) is 16.3 Å². The van der Waals surface area contributed by atoms with Crippen molar-refractivity contribution in [1.29, 1.82) is 0 Å². The number of carbonyl (C=O) groups is 3. The highest BCUT2D eigenvalue weighted by atomic mass is 35.5. The van der Waals surface area contributed by atoms with Gasteiger partial charge in [-0.3, -0.25) is 9.59 Å². The molecule has 30 heavy (non-hydrogen) atoms. The van der Waals surface area contributed by atoms with E-state index in [2.05, 4.69) is 17.7 Å². The van der Waals surface area contributed by atoms with Crippen LogP contribution in [0.3, 0.4) is 0 Å². The molecule has 2 rings (SSSR count). The number of quaternary nitrogens is 1. The lowest BCUT2D eigenvalue weighted by atomic mass is 10.1. The Morgan fingerprint density at radius 1 is 1.17 bits per heavy atom. The predicted molar refractivity (Wildman–Crippen MR) is 116 cm³/mol. The molecule has 3 amide bonds. The normalized spacial score (nSPS) is 17.1. The highest BCUT2D eigenvalue weighted by Gasteiger charge is 2.30. The van der Waals surface area contributed by atoms with Crippen molar-refractivity contribution < 1.29 is 23.6 Å². The minimum absolute atomic E-state index is 0.325. The van der Waals surface area contributed by atoms with Crippen LogP contribution >= 0.6 is 11.6 Å². The monoisotopic (exact) mass is 439 g/mol. The van der Waals surface area contributed by atoms with Gasteiger partial charge in [-0.1, -0.05) is 12.1 Å². The van der Waals surface area contributed by atoms with E-state index in [1.165, 1.54) is 0 Å². The second-order valence-corrected chi connectivity index (χ2v) is 9.34. The van der Waals surface area contributed by atoms with Gasteiger partial charge in [0.25, 0.3) is 0 Å². The van der Waals surface area contributed by atoms with E-state index >= 15 is 0 Å². The van der Waals surface area contributed by atoms with Crippen LogP contribution in [0.25, 0.3) is 0 Å². The van der Waals surface area contributed by atoms with Crippen LogP contribution in [0.4, 0.5) is 15.3 Å². The number of benzene rings is 1. The molecule has 0 spiro atoms. The average Bonchev–Trinajstić information content (AvgIpc) is 2.61. The Kier molecular flexibility index (Phi) is 7.71. The third-order valence-electron chi connectivity index (χ3n) is 4.98. The van der Waals surface area contributed by atoms with Gasteiger partial charge in [-0.15, -0.1) is 0 Å². The fourth-order valence-electron chi connectivity index (χ4n) is 3.22. The van der Waals surface area contributed by atoms with Crippen molar-refractivity contribution in [2.75, 3.05) is 38.5 Å². The molecule has 2 N–H and O–H groups in total. The summed E-state index contributed by atoms with van der Waals surface area (Å²) in [5.74, 6) is -0.325. The summed E-state index contributed by atoms with van der Waals surface area (Å²) in [5.41, 5.74) is 1.17. The molecule has 1 saturated heterocycles. The third kappa shape index (κ3) is 7.50. The van der Waals surface area contributed by atoms with Gasteiger partial charge in [0, 0.05) is 11.3 Å². The number of piperazine rings is 1. The van der Waals surface area contributed by atoms with Crippen LogP contribution in [0.1, 0.15) is 33.3 Å². The molecule has 1 atom stereocenters. The molecule has 0 aromatic heterocycles. The number of amides is 3. The van der Waals surface area contributed by atoms with Crippen LogP contribution < -0.4 is 10.6 Å². The lowest BCUT2D eigenvalue weighted by molar-refractivity contribution is -0.926. The number of carbonyl (C=O) groups excluding carboxylic acids is 3. The van der Waals surface area contributed by atoms with E-state index in [1.54, 1.807) is 32.6 Å². The van der Waals surface area contributed by atoms with Gasteiger partial charge in [-0.05, 0) is 51.4 Å². The number of ether oxygens (including phenoxy) is 1. The Balaban J connectivity index is 1.86. The Morgan fingerprint density at radius 3 is 2.23 bits per heavy atom. The van der Waals surface area contributed by atoms with Crippen LogP contribution in [-0.2, 0) is 16.1 Å². The van der Waals surface area contributed by atoms with Gasteiger partial charge in [0.05, 0.1) is 33.2 Å². The minimum Gasteiger partial charge on any atom is -0.444 e. The second kappa shape index (κ2) is 9.66. The van der Waals surface area contributed by atoms with Crippen LogP contribution in [0, 0.1) is 0 Å². The minimum atomic E-state index is -0.732. The van der Waals surface area contributed by atoms with Crippen molar-refractivity contribution in [2.45, 2.75) is 45.9 Å². The van der Waals surface area contributed by atoms with Crippen molar-refractivity contribution in [1.82, 2.24) is 10.2 Å². The molecule has 1 aromatic carbocycles. The topological polar surface area (TPSA) is 87.7 Å². The van der Waals surface area contributed by atoms with Gasteiger partial charge < -0.3 is 24.8 Å². The highest BCUT2D eigenvalue weighted by Crippen LogP contribution is 2.19.